The largest absolute Gasteiger partial charge is 0.496 e. The zero-order chi connectivity index (χ0) is 12.5. The average Bonchev–Trinajstić information content (AvgIpc) is 2.37. The molecule has 1 heterocycles. The first-order valence-electron chi connectivity index (χ1n) is 6.32. The molecule has 0 bridgehead atoms. The summed E-state index contributed by atoms with van der Waals surface area (Å²) in [7, 11) is 1.69. The highest BCUT2D eigenvalue weighted by Gasteiger charge is 2.19. The minimum Gasteiger partial charge on any atom is -0.496 e. The highest BCUT2D eigenvalue weighted by atomic mass is 16.5. The summed E-state index contributed by atoms with van der Waals surface area (Å²) in [5, 5.41) is 0. The summed E-state index contributed by atoms with van der Waals surface area (Å²) < 4.78 is 16.1. The van der Waals surface area contributed by atoms with E-state index in [0.717, 1.165) is 31.8 Å². The van der Waals surface area contributed by atoms with Crippen molar-refractivity contribution < 1.29 is 14.2 Å². The van der Waals surface area contributed by atoms with Crippen LogP contribution in [0.4, 0.5) is 0 Å². The van der Waals surface area contributed by atoms with Gasteiger partial charge in [0.2, 0.25) is 0 Å². The van der Waals surface area contributed by atoms with Gasteiger partial charge >= 0.3 is 0 Å². The molecule has 1 aliphatic heterocycles. The minimum atomic E-state index is 0.572. The first-order chi connectivity index (χ1) is 8.29. The van der Waals surface area contributed by atoms with Crippen molar-refractivity contribution in [3.05, 3.63) is 23.5 Å². The smallest absolute Gasteiger partial charge is 0.111 e. The molecule has 1 fully saturated rings. The van der Waals surface area contributed by atoms with Crippen molar-refractivity contribution in [1.29, 1.82) is 0 Å². The van der Waals surface area contributed by atoms with Crippen molar-refractivity contribution in [2.75, 3.05) is 33.5 Å². The van der Waals surface area contributed by atoms with Gasteiger partial charge in [-0.25, -0.2) is 0 Å². The second-order valence-corrected chi connectivity index (χ2v) is 4.24. The van der Waals surface area contributed by atoms with E-state index in [1.165, 1.54) is 5.57 Å². The van der Waals surface area contributed by atoms with Gasteiger partial charge in [-0.2, -0.15) is 0 Å². The van der Waals surface area contributed by atoms with Crippen LogP contribution >= 0.6 is 0 Å². The number of hydrogen-bond acceptors (Lipinski definition) is 3. The molecular formula is C14H24O3. The Morgan fingerprint density at radius 1 is 1.29 bits per heavy atom. The molecule has 0 amide bonds. The van der Waals surface area contributed by atoms with E-state index < -0.39 is 0 Å². The van der Waals surface area contributed by atoms with E-state index in [0.29, 0.717) is 19.1 Å². The maximum Gasteiger partial charge on any atom is 0.111 e. The summed E-state index contributed by atoms with van der Waals surface area (Å²) in [6, 6.07) is 0. The molecule has 3 heteroatoms. The zero-order valence-corrected chi connectivity index (χ0v) is 11.2. The van der Waals surface area contributed by atoms with E-state index in [1.54, 1.807) is 7.11 Å². The fourth-order valence-electron chi connectivity index (χ4n) is 2.09. The molecule has 1 saturated heterocycles. The third-order valence-corrected chi connectivity index (χ3v) is 3.02. The predicted molar refractivity (Wildman–Crippen MR) is 68.9 cm³/mol. The lowest BCUT2D eigenvalue weighted by atomic mass is 9.90. The van der Waals surface area contributed by atoms with Gasteiger partial charge < -0.3 is 14.2 Å². The molecule has 0 spiro atoms. The van der Waals surface area contributed by atoms with Gasteiger partial charge in [0.05, 0.1) is 12.4 Å². The van der Waals surface area contributed by atoms with E-state index in [2.05, 4.69) is 12.2 Å². The van der Waals surface area contributed by atoms with Crippen molar-refractivity contribution in [3.8, 4) is 0 Å². The van der Waals surface area contributed by atoms with Gasteiger partial charge in [0.1, 0.15) is 6.61 Å². The molecule has 0 unspecified atom stereocenters. The SMILES string of the molecule is C/C=C\C(=C(/C)OCCOC)C1CCOCC1. The van der Waals surface area contributed by atoms with Gasteiger partial charge in [-0.3, -0.25) is 0 Å². The lowest BCUT2D eigenvalue weighted by Crippen LogP contribution is -2.18. The van der Waals surface area contributed by atoms with Crippen molar-refractivity contribution in [1.82, 2.24) is 0 Å². The predicted octanol–water partition coefficient (Wildman–Crippen LogP) is 2.93. The van der Waals surface area contributed by atoms with Crippen LogP contribution in [0, 0.1) is 5.92 Å². The highest BCUT2D eigenvalue weighted by molar-refractivity contribution is 5.24. The number of hydrogen-bond donors (Lipinski definition) is 0. The van der Waals surface area contributed by atoms with Crippen molar-refractivity contribution >= 4 is 0 Å². The second-order valence-electron chi connectivity index (χ2n) is 4.24. The average molecular weight is 240 g/mol. The number of rotatable bonds is 6. The first-order valence-corrected chi connectivity index (χ1v) is 6.32. The molecule has 0 saturated carbocycles. The Morgan fingerprint density at radius 3 is 2.59 bits per heavy atom. The summed E-state index contributed by atoms with van der Waals surface area (Å²) >= 11 is 0. The van der Waals surface area contributed by atoms with Crippen LogP contribution in [0.3, 0.4) is 0 Å². The maximum atomic E-state index is 5.71. The summed E-state index contributed by atoms with van der Waals surface area (Å²) in [5.41, 5.74) is 1.31. The van der Waals surface area contributed by atoms with Crippen LogP contribution in [-0.2, 0) is 14.2 Å². The Morgan fingerprint density at radius 2 is 2.00 bits per heavy atom. The van der Waals surface area contributed by atoms with Crippen LogP contribution in [0.15, 0.2) is 23.5 Å². The zero-order valence-electron chi connectivity index (χ0n) is 11.2. The monoisotopic (exact) mass is 240 g/mol. The summed E-state index contributed by atoms with van der Waals surface area (Å²) in [5.74, 6) is 1.59. The number of allylic oxidation sites excluding steroid dienone is 4. The van der Waals surface area contributed by atoms with E-state index in [-0.39, 0.29) is 0 Å². The van der Waals surface area contributed by atoms with Gasteiger partial charge in [-0.15, -0.1) is 0 Å². The summed E-state index contributed by atoms with van der Waals surface area (Å²) in [4.78, 5) is 0. The molecule has 0 aromatic carbocycles. The fraction of sp³-hybridized carbons (Fsp3) is 0.714. The second kappa shape index (κ2) is 8.31. The Bertz CT molecular complexity index is 263. The molecule has 0 aliphatic carbocycles. The molecule has 0 aromatic heterocycles. The molecule has 1 aliphatic rings. The van der Waals surface area contributed by atoms with Crippen molar-refractivity contribution in [3.63, 3.8) is 0 Å². The molecule has 98 valence electrons. The highest BCUT2D eigenvalue weighted by Crippen LogP contribution is 2.27. The van der Waals surface area contributed by atoms with Gasteiger partial charge in [0.25, 0.3) is 0 Å². The molecule has 0 atom stereocenters. The van der Waals surface area contributed by atoms with Gasteiger partial charge in [0, 0.05) is 20.3 Å². The molecule has 17 heavy (non-hydrogen) atoms. The lowest BCUT2D eigenvalue weighted by molar-refractivity contribution is 0.0727. The van der Waals surface area contributed by atoms with E-state index in [9.17, 15) is 0 Å². The molecule has 0 radical (unpaired) electrons. The Hall–Kier alpha value is -0.800. The first kappa shape index (κ1) is 14.3. The van der Waals surface area contributed by atoms with Crippen LogP contribution in [0.1, 0.15) is 26.7 Å². The van der Waals surface area contributed by atoms with Crippen molar-refractivity contribution in [2.24, 2.45) is 5.92 Å². The van der Waals surface area contributed by atoms with E-state index >= 15 is 0 Å². The van der Waals surface area contributed by atoms with Crippen molar-refractivity contribution in [2.45, 2.75) is 26.7 Å². The minimum absolute atomic E-state index is 0.572. The normalized spacial score (nSPS) is 19.5. The standard InChI is InChI=1S/C14H24O3/c1-4-5-14(12(2)17-11-10-15-3)13-6-8-16-9-7-13/h4-5,13H,6-11H2,1-3H3/b5-4-,14-12-. The molecular weight excluding hydrogens is 216 g/mol. The van der Waals surface area contributed by atoms with Crippen LogP contribution in [0.5, 0.6) is 0 Å². The fourth-order valence-corrected chi connectivity index (χ4v) is 2.09. The molecule has 0 aromatic rings. The van der Waals surface area contributed by atoms with Crippen LogP contribution < -0.4 is 0 Å². The third-order valence-electron chi connectivity index (χ3n) is 3.02. The quantitative estimate of drug-likeness (QED) is 0.406. The molecule has 3 nitrogen and oxygen atoms in total. The third kappa shape index (κ3) is 4.92. The van der Waals surface area contributed by atoms with Crippen LogP contribution in [0.25, 0.3) is 0 Å². The summed E-state index contributed by atoms with van der Waals surface area (Å²) in [6.45, 7) is 7.05. The Kier molecular flexibility index (Phi) is 6.97. The van der Waals surface area contributed by atoms with E-state index in [1.807, 2.05) is 13.8 Å². The number of ether oxygens (including phenoxy) is 3. The van der Waals surface area contributed by atoms with Gasteiger partial charge in [0.15, 0.2) is 0 Å². The summed E-state index contributed by atoms with van der Waals surface area (Å²) in [6.07, 6.45) is 6.42. The van der Waals surface area contributed by atoms with Gasteiger partial charge in [-0.05, 0) is 38.2 Å². The molecule has 1 rings (SSSR count). The number of methoxy groups -OCH3 is 1. The maximum absolute atomic E-state index is 5.71. The topological polar surface area (TPSA) is 27.7 Å². The Labute approximate surface area is 104 Å². The lowest BCUT2D eigenvalue weighted by Gasteiger charge is -2.24. The Balaban J connectivity index is 2.63. The van der Waals surface area contributed by atoms with Crippen LogP contribution in [0.2, 0.25) is 0 Å². The van der Waals surface area contributed by atoms with Crippen LogP contribution in [-0.4, -0.2) is 33.5 Å². The van der Waals surface area contributed by atoms with Gasteiger partial charge in [-0.1, -0.05) is 12.2 Å². The molecule has 0 N–H and O–H groups in total. The van der Waals surface area contributed by atoms with E-state index in [4.69, 9.17) is 14.2 Å².